The minimum absolute atomic E-state index is 0.297. The van der Waals surface area contributed by atoms with Crippen molar-refractivity contribution in [2.24, 2.45) is 23.2 Å². The lowest BCUT2D eigenvalue weighted by atomic mass is 9.60. The Morgan fingerprint density at radius 1 is 1.13 bits per heavy atom. The van der Waals surface area contributed by atoms with Gasteiger partial charge in [-0.1, -0.05) is 45.4 Å². The molecule has 5 rings (SSSR count). The quantitative estimate of drug-likeness (QED) is 0.328. The summed E-state index contributed by atoms with van der Waals surface area (Å²) in [6.07, 6.45) is 22.7. The second-order valence-corrected chi connectivity index (χ2v) is 12.2. The lowest BCUT2D eigenvalue weighted by molar-refractivity contribution is -0.948. The third-order valence-electron chi connectivity index (χ3n) is 9.83. The Kier molecular flexibility index (Phi) is 6.78. The molecule has 31 heavy (non-hydrogen) atoms. The molecule has 4 unspecified atom stereocenters. The Balaban J connectivity index is 1.52. The number of hydrogen-bond donors (Lipinski definition) is 0. The van der Waals surface area contributed by atoms with Crippen LogP contribution in [0.1, 0.15) is 91.9 Å². The van der Waals surface area contributed by atoms with Crippen molar-refractivity contribution in [1.29, 1.82) is 0 Å². The second kappa shape index (κ2) is 9.08. The number of ether oxygens (including phenoxy) is 1. The summed E-state index contributed by atoms with van der Waals surface area (Å²) in [7, 11) is 5.07. The summed E-state index contributed by atoms with van der Waals surface area (Å²) >= 11 is 0. The fourth-order valence-corrected chi connectivity index (χ4v) is 7.66. The number of quaternary nitrogens is 1. The highest BCUT2D eigenvalue weighted by Crippen LogP contribution is 2.55. The lowest BCUT2D eigenvalue weighted by Gasteiger charge is -2.57. The summed E-state index contributed by atoms with van der Waals surface area (Å²) in [5.74, 6) is 3.77. The third kappa shape index (κ3) is 4.56. The molecule has 0 radical (unpaired) electrons. The predicted molar refractivity (Wildman–Crippen MR) is 132 cm³/mol. The summed E-state index contributed by atoms with van der Waals surface area (Å²) in [6.45, 7) is 9.82. The van der Waals surface area contributed by atoms with E-state index in [0.717, 1.165) is 30.2 Å². The van der Waals surface area contributed by atoms with Gasteiger partial charge in [0.05, 0.1) is 26.2 Å². The van der Waals surface area contributed by atoms with Crippen molar-refractivity contribution < 1.29 is 9.22 Å². The Morgan fingerprint density at radius 3 is 2.45 bits per heavy atom. The summed E-state index contributed by atoms with van der Waals surface area (Å²) in [6, 6.07) is 1.48. The number of hydrogen-bond acceptors (Lipinski definition) is 1. The Labute approximate surface area is 192 Å². The summed E-state index contributed by atoms with van der Waals surface area (Å²) in [5.41, 5.74) is 1.93. The highest BCUT2D eigenvalue weighted by molar-refractivity contribution is 5.36. The molecular formula is C29H48NO+. The average molecular weight is 427 g/mol. The van der Waals surface area contributed by atoms with Gasteiger partial charge in [0.15, 0.2) is 0 Å². The smallest absolute Gasteiger partial charge is 0.119 e. The van der Waals surface area contributed by atoms with Gasteiger partial charge in [-0.05, 0) is 68.4 Å². The Hall–Kier alpha value is -1.02. The first-order valence-corrected chi connectivity index (χ1v) is 13.3. The summed E-state index contributed by atoms with van der Waals surface area (Å²) in [4.78, 5) is 0. The van der Waals surface area contributed by atoms with E-state index in [1.54, 1.807) is 5.57 Å². The van der Waals surface area contributed by atoms with E-state index < -0.39 is 0 Å². The minimum atomic E-state index is 0.297. The molecule has 174 valence electrons. The predicted octanol–water partition coefficient (Wildman–Crippen LogP) is 7.42. The van der Waals surface area contributed by atoms with Gasteiger partial charge in [-0.2, -0.15) is 0 Å². The van der Waals surface area contributed by atoms with Crippen LogP contribution in [0.25, 0.3) is 0 Å². The van der Waals surface area contributed by atoms with Gasteiger partial charge in [-0.15, -0.1) is 0 Å². The zero-order valence-electron chi connectivity index (χ0n) is 21.2. The van der Waals surface area contributed by atoms with Gasteiger partial charge < -0.3 is 9.22 Å². The molecule has 0 aromatic rings. The zero-order chi connectivity index (χ0) is 22.2. The highest BCUT2D eigenvalue weighted by atomic mass is 16.5. The van der Waals surface area contributed by atoms with E-state index in [1.807, 2.05) is 0 Å². The van der Waals surface area contributed by atoms with Crippen molar-refractivity contribution in [2.75, 3.05) is 14.1 Å². The van der Waals surface area contributed by atoms with Crippen LogP contribution in [0.5, 0.6) is 0 Å². The van der Waals surface area contributed by atoms with E-state index in [-0.39, 0.29) is 0 Å². The molecule has 1 fully saturated rings. The molecule has 1 saturated carbocycles. The van der Waals surface area contributed by atoms with Crippen LogP contribution in [0.4, 0.5) is 0 Å². The zero-order valence-corrected chi connectivity index (χ0v) is 21.2. The Bertz CT molecular complexity index is 713. The van der Waals surface area contributed by atoms with E-state index in [0.29, 0.717) is 17.6 Å². The topological polar surface area (TPSA) is 9.23 Å². The van der Waals surface area contributed by atoms with Crippen LogP contribution >= 0.6 is 0 Å². The fourth-order valence-electron chi connectivity index (χ4n) is 7.66. The summed E-state index contributed by atoms with van der Waals surface area (Å²) in [5, 5.41) is 0. The molecule has 0 aromatic heterocycles. The first-order valence-electron chi connectivity index (χ1n) is 13.3. The lowest BCUT2D eigenvalue weighted by Crippen LogP contribution is -2.64. The standard InChI is InChI=1S/C29H48NO/c1-7-26(23-13-10-8-9-11-14-23)21(2)17-24-18-22(3)31-28-16-12-15-27(28)29(4)19-25(20-29)30(24,5)6/h8-9,12,16,21-26H,7,10-11,13-15,17-20H2,1-6H3/q+1. The van der Waals surface area contributed by atoms with Crippen molar-refractivity contribution in [3.8, 4) is 0 Å². The van der Waals surface area contributed by atoms with Gasteiger partial charge in [0.25, 0.3) is 0 Å². The molecule has 3 aliphatic carbocycles. The molecule has 2 aliphatic heterocycles. The molecule has 0 amide bonds. The van der Waals surface area contributed by atoms with Crippen LogP contribution in [-0.4, -0.2) is 36.8 Å². The normalized spacial score (nSPS) is 37.4. The average Bonchev–Trinajstić information content (AvgIpc) is 2.98. The molecule has 0 aromatic carbocycles. The fraction of sp³-hybridized carbons (Fsp3) is 0.793. The van der Waals surface area contributed by atoms with Gasteiger partial charge in [-0.3, -0.25) is 0 Å². The molecule has 2 heteroatoms. The van der Waals surface area contributed by atoms with Crippen molar-refractivity contribution >= 4 is 0 Å². The van der Waals surface area contributed by atoms with Gasteiger partial charge in [-0.25, -0.2) is 0 Å². The molecule has 4 atom stereocenters. The minimum Gasteiger partial charge on any atom is -0.491 e. The van der Waals surface area contributed by atoms with Crippen LogP contribution in [0.2, 0.25) is 0 Å². The Morgan fingerprint density at radius 2 is 1.81 bits per heavy atom. The van der Waals surface area contributed by atoms with Crippen LogP contribution in [-0.2, 0) is 4.74 Å². The van der Waals surface area contributed by atoms with Crippen LogP contribution < -0.4 is 0 Å². The van der Waals surface area contributed by atoms with E-state index >= 15 is 0 Å². The molecule has 0 N–H and O–H groups in total. The van der Waals surface area contributed by atoms with Crippen molar-refractivity contribution in [2.45, 2.75) is 110 Å². The molecular weight excluding hydrogens is 378 g/mol. The molecule has 2 bridgehead atoms. The molecule has 0 spiro atoms. The molecule has 5 aliphatic rings. The largest absolute Gasteiger partial charge is 0.491 e. The van der Waals surface area contributed by atoms with E-state index in [2.05, 4.69) is 66.1 Å². The number of rotatable bonds is 5. The van der Waals surface area contributed by atoms with Crippen molar-refractivity contribution in [1.82, 2.24) is 0 Å². The molecule has 2 heterocycles. The van der Waals surface area contributed by atoms with Crippen LogP contribution in [0, 0.1) is 23.2 Å². The highest BCUT2D eigenvalue weighted by Gasteiger charge is 2.54. The maximum absolute atomic E-state index is 6.61. The second-order valence-electron chi connectivity index (χ2n) is 12.2. The molecule has 2 nitrogen and oxygen atoms in total. The van der Waals surface area contributed by atoms with Gasteiger partial charge in [0, 0.05) is 31.1 Å². The maximum atomic E-state index is 6.61. The number of nitrogens with zero attached hydrogens (tertiary/aromatic N) is 1. The SMILES string of the molecule is CCC(C(C)CC1CC(C)OC2=C(CC=C2)C2(C)CC(C2)[N+]1(C)C)C1CCC=CCC1. The summed E-state index contributed by atoms with van der Waals surface area (Å²) < 4.78 is 7.80. The number of fused-ring (bicyclic) bond motifs is 4. The van der Waals surface area contributed by atoms with Gasteiger partial charge >= 0.3 is 0 Å². The van der Waals surface area contributed by atoms with Gasteiger partial charge in [0.2, 0.25) is 0 Å². The first kappa shape index (κ1) is 23.1. The molecule has 0 saturated heterocycles. The van der Waals surface area contributed by atoms with E-state index in [4.69, 9.17) is 4.74 Å². The first-order chi connectivity index (χ1) is 14.7. The third-order valence-corrected chi connectivity index (χ3v) is 9.83. The van der Waals surface area contributed by atoms with Gasteiger partial charge in [0.1, 0.15) is 11.9 Å². The maximum Gasteiger partial charge on any atom is 0.119 e. The number of allylic oxidation sites excluding steroid dienone is 5. The van der Waals surface area contributed by atoms with Crippen LogP contribution in [0.3, 0.4) is 0 Å². The van der Waals surface area contributed by atoms with Crippen molar-refractivity contribution in [3.05, 3.63) is 35.6 Å². The van der Waals surface area contributed by atoms with Crippen molar-refractivity contribution in [3.63, 3.8) is 0 Å². The van der Waals surface area contributed by atoms with Crippen LogP contribution in [0.15, 0.2) is 35.6 Å². The van der Waals surface area contributed by atoms with E-state index in [1.165, 1.54) is 68.0 Å². The monoisotopic (exact) mass is 426 g/mol. The van der Waals surface area contributed by atoms with E-state index in [9.17, 15) is 0 Å².